The fourth-order valence-electron chi connectivity index (χ4n) is 2.15. The van der Waals surface area contributed by atoms with Gasteiger partial charge in [0.2, 0.25) is 0 Å². The molecule has 1 aliphatic heterocycles. The van der Waals surface area contributed by atoms with Crippen LogP contribution in [0.3, 0.4) is 0 Å². The van der Waals surface area contributed by atoms with Crippen molar-refractivity contribution < 1.29 is 9.18 Å². The van der Waals surface area contributed by atoms with Gasteiger partial charge in [0.25, 0.3) is 5.91 Å². The van der Waals surface area contributed by atoms with E-state index in [0.29, 0.717) is 0 Å². The van der Waals surface area contributed by atoms with E-state index in [1.165, 1.54) is 12.1 Å². The summed E-state index contributed by atoms with van der Waals surface area (Å²) in [5.74, 6) is -0.840. The van der Waals surface area contributed by atoms with E-state index in [1.54, 1.807) is 6.07 Å². The first kappa shape index (κ1) is 12.8. The summed E-state index contributed by atoms with van der Waals surface area (Å²) in [5.41, 5.74) is 5.70. The molecule has 1 saturated heterocycles. The SMILES string of the molecule is CN1CCC(NC(=O)c2cccc(F)c2N)CC1. The third-order valence-electron chi connectivity index (χ3n) is 3.35. The van der Waals surface area contributed by atoms with E-state index in [9.17, 15) is 9.18 Å². The molecule has 0 radical (unpaired) electrons. The van der Waals surface area contributed by atoms with Gasteiger partial charge in [-0.2, -0.15) is 0 Å². The molecule has 0 bridgehead atoms. The van der Waals surface area contributed by atoms with Gasteiger partial charge in [0, 0.05) is 6.04 Å². The molecule has 1 aromatic rings. The molecule has 98 valence electrons. The van der Waals surface area contributed by atoms with Gasteiger partial charge in [-0.25, -0.2) is 4.39 Å². The fourth-order valence-corrected chi connectivity index (χ4v) is 2.15. The number of rotatable bonds is 2. The number of para-hydroxylation sites is 1. The lowest BCUT2D eigenvalue weighted by molar-refractivity contribution is 0.0917. The molecule has 0 aromatic heterocycles. The lowest BCUT2D eigenvalue weighted by Gasteiger charge is -2.29. The minimum atomic E-state index is -0.550. The summed E-state index contributed by atoms with van der Waals surface area (Å²) in [6.45, 7) is 1.92. The maximum absolute atomic E-state index is 13.3. The van der Waals surface area contributed by atoms with Crippen LogP contribution in [0.2, 0.25) is 0 Å². The topological polar surface area (TPSA) is 58.4 Å². The Balaban J connectivity index is 2.01. The van der Waals surface area contributed by atoms with Gasteiger partial charge in [0.1, 0.15) is 5.82 Å². The quantitative estimate of drug-likeness (QED) is 0.777. The minimum absolute atomic E-state index is 0.0806. The minimum Gasteiger partial charge on any atom is -0.396 e. The normalized spacial score (nSPS) is 17.7. The molecule has 4 nitrogen and oxygen atoms in total. The number of nitrogen functional groups attached to an aromatic ring is 1. The van der Waals surface area contributed by atoms with Crippen molar-refractivity contribution in [3.05, 3.63) is 29.6 Å². The summed E-state index contributed by atoms with van der Waals surface area (Å²) in [5, 5.41) is 2.91. The van der Waals surface area contributed by atoms with Gasteiger partial charge >= 0.3 is 0 Å². The number of hydrogen-bond acceptors (Lipinski definition) is 3. The number of halogens is 1. The maximum atomic E-state index is 13.3. The van der Waals surface area contributed by atoms with Crippen molar-refractivity contribution in [2.45, 2.75) is 18.9 Å². The van der Waals surface area contributed by atoms with Gasteiger partial charge < -0.3 is 16.0 Å². The van der Waals surface area contributed by atoms with E-state index < -0.39 is 5.82 Å². The van der Waals surface area contributed by atoms with Crippen molar-refractivity contribution in [1.82, 2.24) is 10.2 Å². The number of hydrogen-bond donors (Lipinski definition) is 2. The summed E-state index contributed by atoms with van der Waals surface area (Å²) >= 11 is 0. The summed E-state index contributed by atoms with van der Waals surface area (Å²) in [7, 11) is 2.06. The Kier molecular flexibility index (Phi) is 3.81. The summed E-state index contributed by atoms with van der Waals surface area (Å²) in [6, 6.07) is 4.44. The van der Waals surface area contributed by atoms with Crippen LogP contribution in [0.1, 0.15) is 23.2 Å². The van der Waals surface area contributed by atoms with E-state index >= 15 is 0 Å². The van der Waals surface area contributed by atoms with Crippen LogP contribution >= 0.6 is 0 Å². The number of amides is 1. The maximum Gasteiger partial charge on any atom is 0.253 e. The second-order valence-electron chi connectivity index (χ2n) is 4.75. The van der Waals surface area contributed by atoms with Crippen LogP contribution in [0.15, 0.2) is 18.2 Å². The zero-order valence-electron chi connectivity index (χ0n) is 10.4. The van der Waals surface area contributed by atoms with Crippen LogP contribution in [0.5, 0.6) is 0 Å². The Bertz CT molecular complexity index is 442. The Labute approximate surface area is 106 Å². The first-order chi connectivity index (χ1) is 8.58. The smallest absolute Gasteiger partial charge is 0.253 e. The molecule has 18 heavy (non-hydrogen) atoms. The van der Waals surface area contributed by atoms with Gasteiger partial charge in [0.15, 0.2) is 0 Å². The van der Waals surface area contributed by atoms with E-state index in [-0.39, 0.29) is 23.2 Å². The molecule has 0 aliphatic carbocycles. The van der Waals surface area contributed by atoms with Gasteiger partial charge in [-0.3, -0.25) is 4.79 Å². The number of benzene rings is 1. The lowest BCUT2D eigenvalue weighted by atomic mass is 10.0. The second kappa shape index (κ2) is 5.35. The van der Waals surface area contributed by atoms with E-state index in [0.717, 1.165) is 25.9 Å². The number of likely N-dealkylation sites (tertiary alicyclic amines) is 1. The van der Waals surface area contributed by atoms with Gasteiger partial charge in [-0.05, 0) is 45.1 Å². The van der Waals surface area contributed by atoms with E-state index in [4.69, 9.17) is 5.73 Å². The predicted octanol–water partition coefficient (Wildman–Crippen LogP) is 1.23. The van der Waals surface area contributed by atoms with Crippen LogP contribution in [-0.4, -0.2) is 37.0 Å². The van der Waals surface area contributed by atoms with Crippen molar-refractivity contribution in [2.24, 2.45) is 0 Å². The molecule has 3 N–H and O–H groups in total. The van der Waals surface area contributed by atoms with Crippen molar-refractivity contribution in [2.75, 3.05) is 25.9 Å². The Morgan fingerprint density at radius 2 is 2.11 bits per heavy atom. The average molecular weight is 251 g/mol. The Hall–Kier alpha value is -1.62. The molecule has 0 atom stereocenters. The number of nitrogens with zero attached hydrogens (tertiary/aromatic N) is 1. The Morgan fingerprint density at radius 1 is 1.44 bits per heavy atom. The largest absolute Gasteiger partial charge is 0.396 e. The van der Waals surface area contributed by atoms with Crippen LogP contribution in [0, 0.1) is 5.82 Å². The fraction of sp³-hybridized carbons (Fsp3) is 0.462. The van der Waals surface area contributed by atoms with Gasteiger partial charge in [-0.15, -0.1) is 0 Å². The highest BCUT2D eigenvalue weighted by molar-refractivity contribution is 5.99. The van der Waals surface area contributed by atoms with E-state index in [2.05, 4.69) is 17.3 Å². The van der Waals surface area contributed by atoms with Crippen molar-refractivity contribution in [3.63, 3.8) is 0 Å². The van der Waals surface area contributed by atoms with Gasteiger partial charge in [-0.1, -0.05) is 6.07 Å². The van der Waals surface area contributed by atoms with Crippen molar-refractivity contribution in [3.8, 4) is 0 Å². The third-order valence-corrected chi connectivity index (χ3v) is 3.35. The number of nitrogens with two attached hydrogens (primary N) is 1. The highest BCUT2D eigenvalue weighted by Crippen LogP contribution is 2.16. The summed E-state index contributed by atoms with van der Waals surface area (Å²) in [4.78, 5) is 14.2. The number of anilines is 1. The van der Waals surface area contributed by atoms with Crippen LogP contribution < -0.4 is 11.1 Å². The lowest BCUT2D eigenvalue weighted by Crippen LogP contribution is -2.43. The van der Waals surface area contributed by atoms with Crippen molar-refractivity contribution >= 4 is 11.6 Å². The number of carbonyl (C=O) groups excluding carboxylic acids is 1. The monoisotopic (exact) mass is 251 g/mol. The highest BCUT2D eigenvalue weighted by atomic mass is 19.1. The third kappa shape index (κ3) is 2.79. The van der Waals surface area contributed by atoms with E-state index in [1.807, 2.05) is 0 Å². The molecule has 1 amide bonds. The zero-order chi connectivity index (χ0) is 13.1. The highest BCUT2D eigenvalue weighted by Gasteiger charge is 2.20. The zero-order valence-corrected chi connectivity index (χ0v) is 10.4. The molecule has 5 heteroatoms. The predicted molar refractivity (Wildman–Crippen MR) is 68.8 cm³/mol. The number of nitrogens with one attached hydrogen (secondary N) is 1. The molecule has 1 aromatic carbocycles. The molecule has 0 saturated carbocycles. The molecule has 0 spiro atoms. The molecule has 1 aliphatic rings. The van der Waals surface area contributed by atoms with Crippen LogP contribution in [-0.2, 0) is 0 Å². The van der Waals surface area contributed by atoms with Crippen LogP contribution in [0.25, 0.3) is 0 Å². The summed E-state index contributed by atoms with van der Waals surface area (Å²) in [6.07, 6.45) is 1.83. The molecule has 1 fully saturated rings. The molecular formula is C13H18FN3O. The van der Waals surface area contributed by atoms with Crippen LogP contribution in [0.4, 0.5) is 10.1 Å². The molecule has 2 rings (SSSR count). The van der Waals surface area contributed by atoms with Crippen molar-refractivity contribution in [1.29, 1.82) is 0 Å². The first-order valence-electron chi connectivity index (χ1n) is 6.11. The van der Waals surface area contributed by atoms with Gasteiger partial charge in [0.05, 0.1) is 11.3 Å². The first-order valence-corrected chi connectivity index (χ1v) is 6.11. The number of piperidine rings is 1. The standard InChI is InChI=1S/C13H18FN3O/c1-17-7-5-9(6-8-17)16-13(18)10-3-2-4-11(14)12(10)15/h2-4,9H,5-8,15H2,1H3,(H,16,18). The average Bonchev–Trinajstić information content (AvgIpc) is 2.35. The molecule has 0 unspecified atom stereocenters. The Morgan fingerprint density at radius 3 is 2.78 bits per heavy atom. The number of carbonyl (C=O) groups is 1. The second-order valence-corrected chi connectivity index (χ2v) is 4.75. The molecular weight excluding hydrogens is 233 g/mol. The summed E-state index contributed by atoms with van der Waals surface area (Å²) < 4.78 is 13.3. The molecule has 1 heterocycles.